The zero-order valence-corrected chi connectivity index (χ0v) is 24.3. The summed E-state index contributed by atoms with van der Waals surface area (Å²) < 4.78 is 0. The number of fused-ring (bicyclic) bond motifs is 7. The maximum absolute atomic E-state index is 14.3. The smallest absolute Gasteiger partial charge is 0.309 e. The van der Waals surface area contributed by atoms with E-state index in [-0.39, 0.29) is 51.0 Å². The summed E-state index contributed by atoms with van der Waals surface area (Å²) in [5.74, 6) is -0.674. The minimum absolute atomic E-state index is 0.0374. The second kappa shape index (κ2) is 7.58. The first kappa shape index (κ1) is 27.1. The Hall–Kier alpha value is -1.49. The molecule has 1 unspecified atom stereocenters. The van der Waals surface area contributed by atoms with Crippen LogP contribution in [0.15, 0.2) is 11.6 Å². The van der Waals surface area contributed by atoms with E-state index in [1.54, 1.807) is 0 Å². The number of carbonyl (C=O) groups excluding carboxylic acids is 2. The fourth-order valence-corrected chi connectivity index (χ4v) is 11.0. The van der Waals surface area contributed by atoms with Crippen LogP contribution in [0.1, 0.15) is 113 Å². The average Bonchev–Trinajstić information content (AvgIpc) is 2.79. The fourth-order valence-electron chi connectivity index (χ4n) is 11.0. The monoisotopic (exact) mass is 512 g/mol. The number of hydrogen-bond acceptors (Lipinski definition) is 4. The van der Waals surface area contributed by atoms with Gasteiger partial charge < -0.3 is 10.2 Å². The van der Waals surface area contributed by atoms with Crippen molar-refractivity contribution in [2.45, 2.75) is 119 Å². The van der Waals surface area contributed by atoms with E-state index in [2.05, 4.69) is 27.7 Å². The number of hydrogen-bond donors (Lipinski definition) is 2. The lowest BCUT2D eigenvalue weighted by Crippen LogP contribution is -2.69. The van der Waals surface area contributed by atoms with Gasteiger partial charge in [-0.2, -0.15) is 0 Å². The average molecular weight is 513 g/mol. The van der Waals surface area contributed by atoms with E-state index in [1.165, 1.54) is 12.5 Å². The van der Waals surface area contributed by atoms with E-state index in [1.807, 2.05) is 26.8 Å². The van der Waals surface area contributed by atoms with Crippen LogP contribution < -0.4 is 0 Å². The largest absolute Gasteiger partial charge is 0.481 e. The molecule has 5 aliphatic carbocycles. The Balaban J connectivity index is 1.62. The molecular weight excluding hydrogens is 464 g/mol. The van der Waals surface area contributed by atoms with Crippen molar-refractivity contribution in [2.24, 2.45) is 50.2 Å². The van der Waals surface area contributed by atoms with Crippen LogP contribution in [0.4, 0.5) is 0 Å². The summed E-state index contributed by atoms with van der Waals surface area (Å²) >= 11 is 0. The molecule has 0 aliphatic heterocycles. The fraction of sp³-hybridized carbons (Fsp3) is 0.844. The molecule has 0 bridgehead atoms. The molecule has 0 radical (unpaired) electrons. The van der Waals surface area contributed by atoms with Crippen molar-refractivity contribution in [3.05, 3.63) is 11.6 Å². The van der Waals surface area contributed by atoms with Gasteiger partial charge in [-0.05, 0) is 111 Å². The van der Waals surface area contributed by atoms with Gasteiger partial charge in [0.1, 0.15) is 5.60 Å². The quantitative estimate of drug-likeness (QED) is 0.448. The standard InChI is InChI=1S/C32H48O5/c1-19(33)32(37)16-14-29(6)23(26(32,2)3)9-10-31(8)24(29)22(34)17-20-21-18-28(5,25(35)36)12-11-27(21,4)13-15-30(20,31)7/h17,21,23-24,37H,9-16,18H2,1-8H3,(H,35,36)/t21-,23?,24-,27-,28+,29+,30-,31-,32+/m1/s1. The zero-order chi connectivity index (χ0) is 27.6. The van der Waals surface area contributed by atoms with Gasteiger partial charge in [0.25, 0.3) is 0 Å². The Morgan fingerprint density at radius 2 is 1.51 bits per heavy atom. The van der Waals surface area contributed by atoms with Crippen LogP contribution in [0.25, 0.3) is 0 Å². The highest BCUT2D eigenvalue weighted by Crippen LogP contribution is 2.75. The Morgan fingerprint density at radius 1 is 0.892 bits per heavy atom. The normalized spacial score (nSPS) is 52.6. The summed E-state index contributed by atoms with van der Waals surface area (Å²) in [7, 11) is 0. The summed E-state index contributed by atoms with van der Waals surface area (Å²) in [6, 6.07) is 0. The van der Waals surface area contributed by atoms with Gasteiger partial charge in [0.2, 0.25) is 0 Å². The molecule has 5 heteroatoms. The molecule has 5 rings (SSSR count). The number of Topliss-reactive ketones (excluding diaryl/α,β-unsaturated/α-hetero) is 1. The van der Waals surface area contributed by atoms with Gasteiger partial charge in [0, 0.05) is 11.3 Å². The van der Waals surface area contributed by atoms with Crippen LogP contribution in [0, 0.1) is 50.2 Å². The van der Waals surface area contributed by atoms with Crippen LogP contribution in [0.3, 0.4) is 0 Å². The maximum Gasteiger partial charge on any atom is 0.309 e. The van der Waals surface area contributed by atoms with E-state index in [0.29, 0.717) is 25.7 Å². The lowest BCUT2D eigenvalue weighted by Gasteiger charge is -2.71. The molecule has 0 aromatic rings. The van der Waals surface area contributed by atoms with Crippen molar-refractivity contribution in [3.8, 4) is 0 Å². The molecule has 5 aliphatic rings. The van der Waals surface area contributed by atoms with Crippen molar-refractivity contribution in [1.82, 2.24) is 0 Å². The highest BCUT2D eigenvalue weighted by Gasteiger charge is 2.72. The predicted octanol–water partition coefficient (Wildman–Crippen LogP) is 6.37. The van der Waals surface area contributed by atoms with Crippen molar-refractivity contribution >= 4 is 17.5 Å². The minimum Gasteiger partial charge on any atom is -0.481 e. The molecule has 0 heterocycles. The molecule has 4 saturated carbocycles. The van der Waals surface area contributed by atoms with Gasteiger partial charge in [-0.25, -0.2) is 0 Å². The number of carbonyl (C=O) groups is 3. The van der Waals surface area contributed by atoms with Gasteiger partial charge in [-0.15, -0.1) is 0 Å². The molecule has 37 heavy (non-hydrogen) atoms. The third-order valence-corrected chi connectivity index (χ3v) is 13.9. The molecule has 0 aromatic heterocycles. The molecule has 0 saturated heterocycles. The number of aliphatic carboxylic acids is 1. The summed E-state index contributed by atoms with van der Waals surface area (Å²) in [5.41, 5.74) is -2.18. The predicted molar refractivity (Wildman–Crippen MR) is 143 cm³/mol. The number of carboxylic acids is 1. The van der Waals surface area contributed by atoms with Crippen molar-refractivity contribution in [2.75, 3.05) is 0 Å². The number of rotatable bonds is 2. The molecule has 0 amide bonds. The number of carboxylic acid groups (broad SMARTS) is 1. The van der Waals surface area contributed by atoms with E-state index < -0.39 is 22.4 Å². The first-order valence-corrected chi connectivity index (χ1v) is 14.6. The molecule has 0 spiro atoms. The van der Waals surface area contributed by atoms with Crippen LogP contribution in [0.5, 0.6) is 0 Å². The second-order valence-corrected chi connectivity index (χ2v) is 15.7. The van der Waals surface area contributed by atoms with Crippen LogP contribution in [-0.4, -0.2) is 33.3 Å². The number of allylic oxidation sites excluding steroid dienone is 2. The van der Waals surface area contributed by atoms with E-state index in [9.17, 15) is 24.6 Å². The summed E-state index contributed by atoms with van der Waals surface area (Å²) in [6.45, 7) is 16.8. The highest BCUT2D eigenvalue weighted by molar-refractivity contribution is 5.96. The van der Waals surface area contributed by atoms with Crippen molar-refractivity contribution in [3.63, 3.8) is 0 Å². The molecular formula is C32H48O5. The zero-order valence-electron chi connectivity index (χ0n) is 24.3. The Morgan fingerprint density at radius 3 is 2.11 bits per heavy atom. The molecule has 206 valence electrons. The molecule has 4 fully saturated rings. The third-order valence-electron chi connectivity index (χ3n) is 13.9. The first-order valence-electron chi connectivity index (χ1n) is 14.6. The van der Waals surface area contributed by atoms with Crippen LogP contribution >= 0.6 is 0 Å². The topological polar surface area (TPSA) is 91.7 Å². The van der Waals surface area contributed by atoms with Gasteiger partial charge in [0.15, 0.2) is 11.6 Å². The minimum atomic E-state index is -1.36. The first-order chi connectivity index (χ1) is 16.8. The second-order valence-electron chi connectivity index (χ2n) is 15.7. The molecule has 9 atom stereocenters. The van der Waals surface area contributed by atoms with Crippen molar-refractivity contribution < 1.29 is 24.6 Å². The van der Waals surface area contributed by atoms with Crippen LogP contribution in [0.2, 0.25) is 0 Å². The van der Waals surface area contributed by atoms with Gasteiger partial charge in [-0.3, -0.25) is 14.4 Å². The summed E-state index contributed by atoms with van der Waals surface area (Å²) in [6.07, 6.45) is 9.08. The van der Waals surface area contributed by atoms with Crippen molar-refractivity contribution in [1.29, 1.82) is 0 Å². The lowest BCUT2D eigenvalue weighted by molar-refractivity contribution is -0.226. The van der Waals surface area contributed by atoms with E-state index in [4.69, 9.17) is 0 Å². The van der Waals surface area contributed by atoms with Crippen LogP contribution in [-0.2, 0) is 14.4 Å². The SMILES string of the molecule is CC(=O)[C@@]1(O)CC[C@@]2(C)C(CC[C@]3(C)[C@@H]2C(=O)C=C2[C@H]4C[C@@](C)(C(=O)O)CC[C@]4(C)CC[C@]23C)C1(C)C. The van der Waals surface area contributed by atoms with E-state index >= 15 is 0 Å². The Bertz CT molecular complexity index is 1100. The Kier molecular flexibility index (Phi) is 5.55. The van der Waals surface area contributed by atoms with Gasteiger partial charge in [-0.1, -0.05) is 47.1 Å². The third kappa shape index (κ3) is 3.10. The maximum atomic E-state index is 14.3. The van der Waals surface area contributed by atoms with Gasteiger partial charge in [0.05, 0.1) is 5.41 Å². The Labute approximate surface area is 222 Å². The summed E-state index contributed by atoms with van der Waals surface area (Å²) in [5, 5.41) is 21.6. The van der Waals surface area contributed by atoms with E-state index in [0.717, 1.165) is 32.1 Å². The molecule has 5 nitrogen and oxygen atoms in total. The number of aliphatic hydroxyl groups is 1. The lowest BCUT2D eigenvalue weighted by atomic mass is 9.32. The molecule has 0 aromatic carbocycles. The number of ketones is 2. The molecule has 2 N–H and O–H groups in total. The van der Waals surface area contributed by atoms with Gasteiger partial charge >= 0.3 is 5.97 Å². The summed E-state index contributed by atoms with van der Waals surface area (Å²) in [4.78, 5) is 39.3. The highest BCUT2D eigenvalue weighted by atomic mass is 16.4.